The average molecular weight is 219 g/mol. The Labute approximate surface area is 97.9 Å². The van der Waals surface area contributed by atoms with Crippen molar-refractivity contribution >= 4 is 5.69 Å². The van der Waals surface area contributed by atoms with Gasteiger partial charge < -0.3 is 5.32 Å². The van der Waals surface area contributed by atoms with E-state index in [0.717, 1.165) is 24.0 Å². The molecule has 0 saturated heterocycles. The smallest absolute Gasteiger partial charge is 0.0564 e. The number of aromatic nitrogens is 1. The van der Waals surface area contributed by atoms with Crippen LogP contribution in [0.4, 0.5) is 5.69 Å². The summed E-state index contributed by atoms with van der Waals surface area (Å²) in [5.41, 5.74) is 2.30. The highest BCUT2D eigenvalue weighted by Crippen LogP contribution is 2.23. The van der Waals surface area contributed by atoms with Gasteiger partial charge in [0.25, 0.3) is 0 Å². The molecule has 1 aliphatic carbocycles. The van der Waals surface area contributed by atoms with Crippen molar-refractivity contribution in [3.8, 4) is 0 Å². The second-order valence-electron chi connectivity index (χ2n) is 4.64. The fraction of sp³-hybridized carbons (Fsp3) is 0.615. The first kappa shape index (κ1) is 11.4. The van der Waals surface area contributed by atoms with Gasteiger partial charge in [-0.15, -0.1) is 0 Å². The van der Waals surface area contributed by atoms with Crippen LogP contribution in [0.2, 0.25) is 0 Å². The second kappa shape index (κ2) is 5.30. The highest BCUT2D eigenvalue weighted by molar-refractivity contribution is 5.42. The Morgan fingerprint density at radius 3 is 2.88 bits per heavy atom. The van der Waals surface area contributed by atoms with Crippen LogP contribution in [0.5, 0.6) is 0 Å². The van der Waals surface area contributed by atoms with Crippen LogP contribution >= 0.6 is 0 Å². The Hall–Kier alpha value is -1.09. The van der Waals surface area contributed by atoms with Crippen molar-refractivity contribution in [1.82, 2.24) is 9.88 Å². The summed E-state index contributed by atoms with van der Waals surface area (Å²) in [6.07, 6.45) is 7.35. The molecule has 1 N–H and O–H groups in total. The number of pyridine rings is 1. The zero-order valence-corrected chi connectivity index (χ0v) is 10.2. The van der Waals surface area contributed by atoms with Crippen molar-refractivity contribution < 1.29 is 0 Å². The molecule has 0 spiro atoms. The molecule has 1 aromatic heterocycles. The van der Waals surface area contributed by atoms with Gasteiger partial charge in [0.05, 0.1) is 5.69 Å². The molecule has 1 fully saturated rings. The van der Waals surface area contributed by atoms with Gasteiger partial charge in [0.2, 0.25) is 0 Å². The monoisotopic (exact) mass is 219 g/mol. The van der Waals surface area contributed by atoms with Crippen LogP contribution < -0.4 is 5.32 Å². The quantitative estimate of drug-likeness (QED) is 0.843. The summed E-state index contributed by atoms with van der Waals surface area (Å²) in [5.74, 6) is 0. The highest BCUT2D eigenvalue weighted by atomic mass is 15.1. The van der Waals surface area contributed by atoms with Crippen molar-refractivity contribution in [3.63, 3.8) is 0 Å². The minimum absolute atomic E-state index is 0.764. The molecular formula is C13H21N3. The molecule has 0 unspecified atom stereocenters. The molecule has 3 heteroatoms. The molecule has 0 aliphatic heterocycles. The maximum absolute atomic E-state index is 4.42. The Kier molecular flexibility index (Phi) is 3.78. The van der Waals surface area contributed by atoms with E-state index in [1.807, 2.05) is 19.3 Å². The molecule has 88 valence electrons. The van der Waals surface area contributed by atoms with Crippen LogP contribution in [0.15, 0.2) is 18.3 Å². The van der Waals surface area contributed by atoms with Gasteiger partial charge in [0, 0.05) is 31.5 Å². The van der Waals surface area contributed by atoms with E-state index in [9.17, 15) is 0 Å². The van der Waals surface area contributed by atoms with Crippen molar-refractivity contribution in [2.45, 2.75) is 38.3 Å². The van der Waals surface area contributed by atoms with Crippen molar-refractivity contribution in [2.24, 2.45) is 0 Å². The minimum atomic E-state index is 0.764. The minimum Gasteiger partial charge on any atom is -0.388 e. The van der Waals surface area contributed by atoms with E-state index in [0.29, 0.717) is 0 Å². The lowest BCUT2D eigenvalue weighted by atomic mass is 10.2. The molecule has 0 radical (unpaired) electrons. The van der Waals surface area contributed by atoms with Gasteiger partial charge in [-0.1, -0.05) is 12.8 Å². The molecule has 0 atom stereocenters. The molecular weight excluding hydrogens is 198 g/mol. The fourth-order valence-electron chi connectivity index (χ4n) is 2.45. The Bertz CT molecular complexity index is 332. The average Bonchev–Trinajstić information content (AvgIpc) is 2.83. The van der Waals surface area contributed by atoms with E-state index in [-0.39, 0.29) is 0 Å². The maximum atomic E-state index is 4.42. The summed E-state index contributed by atoms with van der Waals surface area (Å²) >= 11 is 0. The lowest BCUT2D eigenvalue weighted by Gasteiger charge is -2.23. The summed E-state index contributed by atoms with van der Waals surface area (Å²) in [6.45, 7) is 0.959. The zero-order chi connectivity index (χ0) is 11.4. The van der Waals surface area contributed by atoms with E-state index in [1.165, 1.54) is 25.7 Å². The molecule has 0 amide bonds. The summed E-state index contributed by atoms with van der Waals surface area (Å²) in [6, 6.07) is 4.89. The molecule has 0 bridgehead atoms. The summed E-state index contributed by atoms with van der Waals surface area (Å²) in [5, 5.41) is 3.15. The number of nitrogens with one attached hydrogen (secondary N) is 1. The first-order chi connectivity index (χ1) is 7.79. The fourth-order valence-corrected chi connectivity index (χ4v) is 2.45. The Morgan fingerprint density at radius 1 is 1.44 bits per heavy atom. The predicted octanol–water partition coefficient (Wildman–Crippen LogP) is 2.50. The van der Waals surface area contributed by atoms with E-state index >= 15 is 0 Å². The van der Waals surface area contributed by atoms with Crippen LogP contribution in [-0.2, 0) is 6.54 Å². The summed E-state index contributed by atoms with van der Waals surface area (Å²) < 4.78 is 0. The molecule has 1 aliphatic rings. The molecule has 1 saturated carbocycles. The highest BCUT2D eigenvalue weighted by Gasteiger charge is 2.19. The number of rotatable bonds is 4. The molecule has 0 aromatic carbocycles. The lowest BCUT2D eigenvalue weighted by Crippen LogP contribution is -2.28. The SMILES string of the molecule is CNc1ccnc(CN(C)C2CCCC2)c1. The van der Waals surface area contributed by atoms with Crippen LogP contribution in [0.3, 0.4) is 0 Å². The zero-order valence-electron chi connectivity index (χ0n) is 10.2. The topological polar surface area (TPSA) is 28.2 Å². The third-order valence-electron chi connectivity index (χ3n) is 3.46. The number of anilines is 1. The van der Waals surface area contributed by atoms with Gasteiger partial charge in [-0.2, -0.15) is 0 Å². The van der Waals surface area contributed by atoms with Gasteiger partial charge in [-0.05, 0) is 32.0 Å². The van der Waals surface area contributed by atoms with Gasteiger partial charge in [-0.3, -0.25) is 9.88 Å². The van der Waals surface area contributed by atoms with Crippen LogP contribution in [0, 0.1) is 0 Å². The van der Waals surface area contributed by atoms with E-state index in [4.69, 9.17) is 0 Å². The third-order valence-corrected chi connectivity index (χ3v) is 3.46. The second-order valence-corrected chi connectivity index (χ2v) is 4.64. The lowest BCUT2D eigenvalue weighted by molar-refractivity contribution is 0.235. The number of hydrogen-bond donors (Lipinski definition) is 1. The van der Waals surface area contributed by atoms with E-state index in [2.05, 4.69) is 28.3 Å². The Balaban J connectivity index is 1.96. The van der Waals surface area contributed by atoms with Crippen LogP contribution in [-0.4, -0.2) is 30.0 Å². The van der Waals surface area contributed by atoms with Gasteiger partial charge in [-0.25, -0.2) is 0 Å². The Morgan fingerprint density at radius 2 is 2.19 bits per heavy atom. The van der Waals surface area contributed by atoms with E-state index in [1.54, 1.807) is 0 Å². The summed E-state index contributed by atoms with van der Waals surface area (Å²) in [4.78, 5) is 6.86. The number of nitrogens with zero attached hydrogens (tertiary/aromatic N) is 2. The largest absolute Gasteiger partial charge is 0.388 e. The molecule has 1 heterocycles. The van der Waals surface area contributed by atoms with E-state index < -0.39 is 0 Å². The molecule has 3 nitrogen and oxygen atoms in total. The van der Waals surface area contributed by atoms with Crippen LogP contribution in [0.25, 0.3) is 0 Å². The standard InChI is InChI=1S/C13H21N3/c1-14-11-7-8-15-12(9-11)10-16(2)13-5-3-4-6-13/h7-9,13H,3-6,10H2,1-2H3,(H,14,15). The van der Waals surface area contributed by atoms with Crippen LogP contribution in [0.1, 0.15) is 31.4 Å². The van der Waals surface area contributed by atoms with Gasteiger partial charge in [0.15, 0.2) is 0 Å². The predicted molar refractivity (Wildman–Crippen MR) is 67.5 cm³/mol. The first-order valence-corrected chi connectivity index (χ1v) is 6.12. The van der Waals surface area contributed by atoms with Crippen molar-refractivity contribution in [2.75, 3.05) is 19.4 Å². The molecule has 2 rings (SSSR count). The molecule has 16 heavy (non-hydrogen) atoms. The normalized spacial score (nSPS) is 16.9. The van der Waals surface area contributed by atoms with Gasteiger partial charge in [0.1, 0.15) is 0 Å². The first-order valence-electron chi connectivity index (χ1n) is 6.12. The maximum Gasteiger partial charge on any atom is 0.0564 e. The summed E-state index contributed by atoms with van der Waals surface area (Å²) in [7, 11) is 4.16. The third kappa shape index (κ3) is 2.73. The van der Waals surface area contributed by atoms with Gasteiger partial charge >= 0.3 is 0 Å². The van der Waals surface area contributed by atoms with Crippen molar-refractivity contribution in [3.05, 3.63) is 24.0 Å². The molecule has 1 aromatic rings. The number of hydrogen-bond acceptors (Lipinski definition) is 3. The van der Waals surface area contributed by atoms with Crippen molar-refractivity contribution in [1.29, 1.82) is 0 Å².